The molecule has 0 amide bonds. The summed E-state index contributed by atoms with van der Waals surface area (Å²) < 4.78 is 1.50. The number of hydrogen-bond acceptors (Lipinski definition) is 4. The number of anilines is 1. The smallest absolute Gasteiger partial charge is 0.343 e. The average molecular weight is 288 g/mol. The highest BCUT2D eigenvalue weighted by atomic mass is 16.3. The maximum atomic E-state index is 11.4. The minimum Gasteiger partial charge on any atom is -0.396 e. The molecule has 1 aromatic carbocycles. The van der Waals surface area contributed by atoms with Crippen molar-refractivity contribution in [1.82, 2.24) is 14.8 Å². The molecule has 0 spiro atoms. The maximum absolute atomic E-state index is 11.4. The van der Waals surface area contributed by atoms with Crippen molar-refractivity contribution in [3.8, 4) is 11.4 Å². The van der Waals surface area contributed by atoms with E-state index in [4.69, 9.17) is 0 Å². The van der Waals surface area contributed by atoms with Crippen LogP contribution in [0.25, 0.3) is 11.4 Å². The van der Waals surface area contributed by atoms with E-state index in [0.717, 1.165) is 31.5 Å². The monoisotopic (exact) mass is 288 g/mol. The number of nitrogens with zero attached hydrogens (tertiary/aromatic N) is 3. The van der Waals surface area contributed by atoms with E-state index in [1.165, 1.54) is 10.3 Å². The fourth-order valence-electron chi connectivity index (χ4n) is 2.80. The summed E-state index contributed by atoms with van der Waals surface area (Å²) in [7, 11) is 1.70. The van der Waals surface area contributed by atoms with Crippen LogP contribution in [0.3, 0.4) is 0 Å². The van der Waals surface area contributed by atoms with Crippen LogP contribution in [0.1, 0.15) is 12.8 Å². The zero-order chi connectivity index (χ0) is 14.8. The predicted molar refractivity (Wildman–Crippen MR) is 81.3 cm³/mol. The van der Waals surface area contributed by atoms with E-state index in [1.807, 2.05) is 12.1 Å². The third kappa shape index (κ3) is 2.71. The van der Waals surface area contributed by atoms with Gasteiger partial charge >= 0.3 is 5.69 Å². The molecule has 112 valence electrons. The van der Waals surface area contributed by atoms with E-state index >= 15 is 0 Å². The van der Waals surface area contributed by atoms with E-state index in [9.17, 15) is 9.90 Å². The van der Waals surface area contributed by atoms with Crippen molar-refractivity contribution < 1.29 is 5.11 Å². The molecule has 21 heavy (non-hydrogen) atoms. The van der Waals surface area contributed by atoms with Gasteiger partial charge in [0.05, 0.1) is 0 Å². The van der Waals surface area contributed by atoms with Crippen LogP contribution in [-0.4, -0.2) is 39.6 Å². The Labute approximate surface area is 123 Å². The molecule has 6 heteroatoms. The molecule has 0 atom stereocenters. The van der Waals surface area contributed by atoms with E-state index in [0.29, 0.717) is 18.3 Å². The summed E-state index contributed by atoms with van der Waals surface area (Å²) >= 11 is 0. The maximum Gasteiger partial charge on any atom is 0.343 e. The molecular formula is C15H20N4O2. The first-order chi connectivity index (χ1) is 10.2. The summed E-state index contributed by atoms with van der Waals surface area (Å²) in [5.74, 6) is 1.09. The molecule has 6 nitrogen and oxygen atoms in total. The van der Waals surface area contributed by atoms with Crippen molar-refractivity contribution in [3.63, 3.8) is 0 Å². The lowest BCUT2D eigenvalue weighted by atomic mass is 9.97. The van der Waals surface area contributed by atoms with Gasteiger partial charge in [-0.05, 0) is 43.0 Å². The Hall–Kier alpha value is -2.08. The van der Waals surface area contributed by atoms with Gasteiger partial charge in [0.25, 0.3) is 0 Å². The van der Waals surface area contributed by atoms with Gasteiger partial charge in [0.15, 0.2) is 5.82 Å². The second-order valence-electron chi connectivity index (χ2n) is 5.57. The summed E-state index contributed by atoms with van der Waals surface area (Å²) in [5, 5.41) is 15.7. The Balaban J connectivity index is 1.76. The summed E-state index contributed by atoms with van der Waals surface area (Å²) in [4.78, 5) is 13.7. The number of benzene rings is 1. The highest BCUT2D eigenvalue weighted by molar-refractivity contribution is 5.60. The third-order valence-electron chi connectivity index (χ3n) is 4.24. The van der Waals surface area contributed by atoms with Gasteiger partial charge in [-0.1, -0.05) is 0 Å². The van der Waals surface area contributed by atoms with E-state index in [1.54, 1.807) is 7.05 Å². The lowest BCUT2D eigenvalue weighted by Gasteiger charge is -2.32. The van der Waals surface area contributed by atoms with Crippen LogP contribution in [0.15, 0.2) is 29.1 Å². The Bertz CT molecular complexity index is 651. The first-order valence-electron chi connectivity index (χ1n) is 7.26. The van der Waals surface area contributed by atoms with Crippen molar-refractivity contribution in [2.75, 3.05) is 24.6 Å². The number of H-pyrrole nitrogens is 1. The number of aliphatic hydroxyl groups is 1. The molecule has 1 saturated heterocycles. The first-order valence-corrected chi connectivity index (χ1v) is 7.26. The minimum absolute atomic E-state index is 0.208. The minimum atomic E-state index is -0.208. The van der Waals surface area contributed by atoms with E-state index in [2.05, 4.69) is 27.2 Å². The molecule has 1 aliphatic heterocycles. The molecular weight excluding hydrogens is 268 g/mol. The molecule has 0 unspecified atom stereocenters. The molecule has 2 aromatic rings. The molecule has 0 saturated carbocycles. The highest BCUT2D eigenvalue weighted by Crippen LogP contribution is 2.25. The highest BCUT2D eigenvalue weighted by Gasteiger charge is 2.18. The average Bonchev–Trinajstić information content (AvgIpc) is 2.87. The van der Waals surface area contributed by atoms with Crippen LogP contribution in [0.5, 0.6) is 0 Å². The first kappa shape index (κ1) is 13.9. The fourth-order valence-corrected chi connectivity index (χ4v) is 2.80. The van der Waals surface area contributed by atoms with Gasteiger partial charge in [-0.25, -0.2) is 9.89 Å². The SMILES string of the molecule is Cn1c(-c2ccc(N3CCC(CO)CC3)cc2)n[nH]c1=O. The molecule has 3 rings (SSSR count). The number of piperidine rings is 1. The fraction of sp³-hybridized carbons (Fsp3) is 0.467. The quantitative estimate of drug-likeness (QED) is 0.883. The topological polar surface area (TPSA) is 74.2 Å². The van der Waals surface area contributed by atoms with Crippen LogP contribution in [0, 0.1) is 5.92 Å². The normalized spacial score (nSPS) is 16.4. The van der Waals surface area contributed by atoms with Crippen LogP contribution < -0.4 is 10.6 Å². The number of aromatic amines is 1. The standard InChI is InChI=1S/C15H20N4O2/c1-18-14(16-17-15(18)21)12-2-4-13(5-3-12)19-8-6-11(10-20)7-9-19/h2-5,11,20H,6-10H2,1H3,(H,17,21). The number of aliphatic hydroxyl groups excluding tert-OH is 1. The molecule has 1 aromatic heterocycles. The second-order valence-corrected chi connectivity index (χ2v) is 5.57. The lowest BCUT2D eigenvalue weighted by molar-refractivity contribution is 0.203. The van der Waals surface area contributed by atoms with Crippen molar-refractivity contribution in [2.45, 2.75) is 12.8 Å². The molecule has 0 radical (unpaired) electrons. The van der Waals surface area contributed by atoms with Gasteiger partial charge in [0.2, 0.25) is 0 Å². The van der Waals surface area contributed by atoms with E-state index in [-0.39, 0.29) is 5.69 Å². The Morgan fingerprint density at radius 1 is 1.29 bits per heavy atom. The third-order valence-corrected chi connectivity index (χ3v) is 4.24. The van der Waals surface area contributed by atoms with Gasteiger partial charge in [-0.3, -0.25) is 4.57 Å². The number of aromatic nitrogens is 3. The van der Waals surface area contributed by atoms with Crippen molar-refractivity contribution >= 4 is 5.69 Å². The van der Waals surface area contributed by atoms with Crippen molar-refractivity contribution in [3.05, 3.63) is 34.7 Å². The van der Waals surface area contributed by atoms with Crippen LogP contribution >= 0.6 is 0 Å². The van der Waals surface area contributed by atoms with Gasteiger partial charge in [0.1, 0.15) is 0 Å². The predicted octanol–water partition coefficient (Wildman–Crippen LogP) is 0.984. The zero-order valence-electron chi connectivity index (χ0n) is 12.1. The zero-order valence-corrected chi connectivity index (χ0v) is 12.1. The van der Waals surface area contributed by atoms with Gasteiger partial charge in [0, 0.05) is 38.0 Å². The van der Waals surface area contributed by atoms with Crippen molar-refractivity contribution in [1.29, 1.82) is 0 Å². The van der Waals surface area contributed by atoms with Crippen molar-refractivity contribution in [2.24, 2.45) is 13.0 Å². The Morgan fingerprint density at radius 2 is 1.95 bits per heavy atom. The van der Waals surface area contributed by atoms with Crippen LogP contribution in [0.4, 0.5) is 5.69 Å². The molecule has 0 aliphatic carbocycles. The van der Waals surface area contributed by atoms with Gasteiger partial charge in [-0.15, -0.1) is 0 Å². The Morgan fingerprint density at radius 3 is 2.48 bits per heavy atom. The Kier molecular flexibility index (Phi) is 3.79. The van der Waals surface area contributed by atoms with Gasteiger partial charge < -0.3 is 10.0 Å². The number of hydrogen-bond donors (Lipinski definition) is 2. The summed E-state index contributed by atoms with van der Waals surface area (Å²) in [6.07, 6.45) is 2.07. The molecule has 2 N–H and O–H groups in total. The second kappa shape index (κ2) is 5.73. The van der Waals surface area contributed by atoms with Crippen LogP contribution in [-0.2, 0) is 7.05 Å². The molecule has 2 heterocycles. The molecule has 1 aliphatic rings. The largest absolute Gasteiger partial charge is 0.396 e. The molecule has 0 bridgehead atoms. The lowest BCUT2D eigenvalue weighted by Crippen LogP contribution is -2.34. The van der Waals surface area contributed by atoms with Crippen LogP contribution in [0.2, 0.25) is 0 Å². The summed E-state index contributed by atoms with van der Waals surface area (Å²) in [6, 6.07) is 8.10. The summed E-state index contributed by atoms with van der Waals surface area (Å²) in [6.45, 7) is 2.25. The number of nitrogens with one attached hydrogen (secondary N) is 1. The summed E-state index contributed by atoms with van der Waals surface area (Å²) in [5.41, 5.74) is 1.89. The van der Waals surface area contributed by atoms with E-state index < -0.39 is 0 Å². The van der Waals surface area contributed by atoms with Gasteiger partial charge in [-0.2, -0.15) is 5.10 Å². The molecule has 1 fully saturated rings. The number of rotatable bonds is 3.